The van der Waals surface area contributed by atoms with Crippen molar-refractivity contribution in [1.82, 2.24) is 4.98 Å². The van der Waals surface area contributed by atoms with E-state index in [1.807, 2.05) is 24.3 Å². The summed E-state index contributed by atoms with van der Waals surface area (Å²) in [6, 6.07) is 9.18. The molecule has 1 heterocycles. The number of esters is 1. The van der Waals surface area contributed by atoms with Crippen LogP contribution in [0.1, 0.15) is 6.42 Å². The van der Waals surface area contributed by atoms with Gasteiger partial charge in [-0.2, -0.15) is 0 Å². The number of para-hydroxylation sites is 1. The summed E-state index contributed by atoms with van der Waals surface area (Å²) in [4.78, 5) is 26.8. The SMILES string of the molecule is COC(=O)CC(=O)Nc1cccc2cccnc12. The largest absolute Gasteiger partial charge is 0.469 e. The molecule has 92 valence electrons. The Labute approximate surface area is 104 Å². The van der Waals surface area contributed by atoms with E-state index >= 15 is 0 Å². The molecule has 0 aliphatic carbocycles. The molecular formula is C13H12N2O3. The van der Waals surface area contributed by atoms with Crippen LogP contribution in [0.5, 0.6) is 0 Å². The maximum atomic E-state index is 11.6. The molecule has 1 N–H and O–H groups in total. The highest BCUT2D eigenvalue weighted by atomic mass is 16.5. The van der Waals surface area contributed by atoms with E-state index in [9.17, 15) is 9.59 Å². The van der Waals surface area contributed by atoms with Gasteiger partial charge >= 0.3 is 5.97 Å². The number of hydrogen-bond donors (Lipinski definition) is 1. The molecule has 18 heavy (non-hydrogen) atoms. The molecule has 1 amide bonds. The Morgan fingerprint density at radius 3 is 2.83 bits per heavy atom. The van der Waals surface area contributed by atoms with Gasteiger partial charge in [-0.25, -0.2) is 0 Å². The van der Waals surface area contributed by atoms with Crippen molar-refractivity contribution >= 4 is 28.5 Å². The number of amides is 1. The fourth-order valence-corrected chi connectivity index (χ4v) is 1.60. The summed E-state index contributed by atoms with van der Waals surface area (Å²) in [5.74, 6) is -0.985. The van der Waals surface area contributed by atoms with E-state index in [0.717, 1.165) is 5.39 Å². The fraction of sp³-hybridized carbons (Fsp3) is 0.154. The van der Waals surface area contributed by atoms with Gasteiger partial charge < -0.3 is 10.1 Å². The van der Waals surface area contributed by atoms with Gasteiger partial charge in [0.05, 0.1) is 18.3 Å². The van der Waals surface area contributed by atoms with E-state index in [4.69, 9.17) is 0 Å². The monoisotopic (exact) mass is 244 g/mol. The number of rotatable bonds is 3. The first-order valence-corrected chi connectivity index (χ1v) is 5.41. The highest BCUT2D eigenvalue weighted by molar-refractivity contribution is 6.05. The summed E-state index contributed by atoms with van der Waals surface area (Å²) in [5.41, 5.74) is 1.28. The predicted octanol–water partition coefficient (Wildman–Crippen LogP) is 1.74. The van der Waals surface area contributed by atoms with Crippen molar-refractivity contribution in [2.75, 3.05) is 12.4 Å². The van der Waals surface area contributed by atoms with Crippen LogP contribution in [0, 0.1) is 0 Å². The van der Waals surface area contributed by atoms with E-state index < -0.39 is 11.9 Å². The Kier molecular flexibility index (Phi) is 3.52. The molecule has 2 rings (SSSR count). The van der Waals surface area contributed by atoms with E-state index in [1.165, 1.54) is 7.11 Å². The van der Waals surface area contributed by atoms with Crippen molar-refractivity contribution < 1.29 is 14.3 Å². The van der Waals surface area contributed by atoms with Crippen LogP contribution in [0.4, 0.5) is 5.69 Å². The second kappa shape index (κ2) is 5.27. The molecule has 0 unspecified atom stereocenters. The molecule has 0 saturated carbocycles. The van der Waals surface area contributed by atoms with Crippen molar-refractivity contribution in [2.45, 2.75) is 6.42 Å². The number of benzene rings is 1. The third-order valence-electron chi connectivity index (χ3n) is 2.44. The van der Waals surface area contributed by atoms with Gasteiger partial charge in [-0.3, -0.25) is 14.6 Å². The number of pyridine rings is 1. The lowest BCUT2D eigenvalue weighted by atomic mass is 10.2. The Morgan fingerprint density at radius 2 is 2.06 bits per heavy atom. The second-order valence-corrected chi connectivity index (χ2v) is 3.68. The van der Waals surface area contributed by atoms with Crippen molar-refractivity contribution in [2.24, 2.45) is 0 Å². The number of nitrogens with one attached hydrogen (secondary N) is 1. The molecule has 0 radical (unpaired) electrons. The van der Waals surface area contributed by atoms with Crippen molar-refractivity contribution in [3.63, 3.8) is 0 Å². The zero-order valence-electron chi connectivity index (χ0n) is 9.84. The lowest BCUT2D eigenvalue weighted by Crippen LogP contribution is -2.17. The number of carbonyl (C=O) groups excluding carboxylic acids is 2. The Hall–Kier alpha value is -2.43. The lowest BCUT2D eigenvalue weighted by molar-refractivity contribution is -0.142. The zero-order valence-corrected chi connectivity index (χ0v) is 9.84. The lowest BCUT2D eigenvalue weighted by Gasteiger charge is -2.07. The maximum Gasteiger partial charge on any atom is 0.315 e. The van der Waals surface area contributed by atoms with E-state index in [2.05, 4.69) is 15.0 Å². The topological polar surface area (TPSA) is 68.3 Å². The van der Waals surface area contributed by atoms with Crippen LogP contribution in [-0.4, -0.2) is 24.0 Å². The molecule has 0 aliphatic rings. The number of nitrogens with zero attached hydrogens (tertiary/aromatic N) is 1. The molecule has 2 aromatic rings. The summed E-state index contributed by atoms with van der Waals surface area (Å²) in [7, 11) is 1.25. The summed E-state index contributed by atoms with van der Waals surface area (Å²) in [6.07, 6.45) is 1.35. The molecule has 0 aliphatic heterocycles. The van der Waals surface area contributed by atoms with Gasteiger partial charge in [0.1, 0.15) is 6.42 Å². The minimum absolute atomic E-state index is 0.306. The van der Waals surface area contributed by atoms with Crippen LogP contribution < -0.4 is 5.32 Å². The molecule has 0 fully saturated rings. The summed E-state index contributed by atoms with van der Waals surface area (Å²) < 4.78 is 4.43. The van der Waals surface area contributed by atoms with Crippen LogP contribution >= 0.6 is 0 Å². The third-order valence-corrected chi connectivity index (χ3v) is 2.44. The number of methoxy groups -OCH3 is 1. The van der Waals surface area contributed by atoms with Crippen LogP contribution in [0.15, 0.2) is 36.5 Å². The van der Waals surface area contributed by atoms with Gasteiger partial charge in [0.25, 0.3) is 0 Å². The minimum atomic E-state index is -0.569. The minimum Gasteiger partial charge on any atom is -0.469 e. The molecule has 5 nitrogen and oxygen atoms in total. The van der Waals surface area contributed by atoms with E-state index in [-0.39, 0.29) is 6.42 Å². The van der Waals surface area contributed by atoms with Gasteiger partial charge in [-0.05, 0) is 12.1 Å². The second-order valence-electron chi connectivity index (χ2n) is 3.68. The molecule has 1 aromatic carbocycles. The van der Waals surface area contributed by atoms with Crippen LogP contribution in [-0.2, 0) is 14.3 Å². The molecule has 0 saturated heterocycles. The first-order chi connectivity index (χ1) is 8.70. The van der Waals surface area contributed by atoms with Crippen LogP contribution in [0.25, 0.3) is 10.9 Å². The fourth-order valence-electron chi connectivity index (χ4n) is 1.60. The number of hydrogen-bond acceptors (Lipinski definition) is 4. The summed E-state index contributed by atoms with van der Waals surface area (Å²) in [6.45, 7) is 0. The van der Waals surface area contributed by atoms with E-state index in [1.54, 1.807) is 12.3 Å². The summed E-state index contributed by atoms with van der Waals surface area (Å²) >= 11 is 0. The van der Waals surface area contributed by atoms with Crippen LogP contribution in [0.3, 0.4) is 0 Å². The number of aromatic nitrogens is 1. The molecular weight excluding hydrogens is 232 g/mol. The van der Waals surface area contributed by atoms with Crippen LogP contribution in [0.2, 0.25) is 0 Å². The predicted molar refractivity (Wildman–Crippen MR) is 67.0 cm³/mol. The first-order valence-electron chi connectivity index (χ1n) is 5.41. The average molecular weight is 244 g/mol. The van der Waals surface area contributed by atoms with Crippen molar-refractivity contribution in [1.29, 1.82) is 0 Å². The summed E-state index contributed by atoms with van der Waals surface area (Å²) in [5, 5.41) is 3.57. The highest BCUT2D eigenvalue weighted by Gasteiger charge is 2.11. The Morgan fingerprint density at radius 1 is 1.28 bits per heavy atom. The smallest absolute Gasteiger partial charge is 0.315 e. The van der Waals surface area contributed by atoms with Crippen molar-refractivity contribution in [3.8, 4) is 0 Å². The number of carbonyl (C=O) groups is 2. The normalized spacial score (nSPS) is 10.1. The third kappa shape index (κ3) is 2.63. The van der Waals surface area contributed by atoms with Gasteiger partial charge in [0.2, 0.25) is 5.91 Å². The molecule has 0 spiro atoms. The quantitative estimate of drug-likeness (QED) is 0.659. The Bertz CT molecular complexity index is 590. The van der Waals surface area contributed by atoms with Gasteiger partial charge in [-0.15, -0.1) is 0 Å². The van der Waals surface area contributed by atoms with Gasteiger partial charge in [-0.1, -0.05) is 18.2 Å². The highest BCUT2D eigenvalue weighted by Crippen LogP contribution is 2.20. The van der Waals surface area contributed by atoms with Gasteiger partial charge in [0.15, 0.2) is 0 Å². The van der Waals surface area contributed by atoms with E-state index in [0.29, 0.717) is 11.2 Å². The number of fused-ring (bicyclic) bond motifs is 1. The van der Waals surface area contributed by atoms with Crippen molar-refractivity contribution in [3.05, 3.63) is 36.5 Å². The molecule has 0 atom stereocenters. The molecule has 1 aromatic heterocycles. The molecule has 5 heteroatoms. The first kappa shape index (κ1) is 12.0. The maximum absolute atomic E-state index is 11.6. The standard InChI is InChI=1S/C13H12N2O3/c1-18-12(17)8-11(16)15-10-6-2-4-9-5-3-7-14-13(9)10/h2-7H,8H2,1H3,(H,15,16). The zero-order chi connectivity index (χ0) is 13.0. The molecule has 0 bridgehead atoms. The van der Waals surface area contributed by atoms with Gasteiger partial charge in [0, 0.05) is 11.6 Å². The average Bonchev–Trinajstić information content (AvgIpc) is 2.39. The number of anilines is 1. The number of ether oxygens (including phenoxy) is 1. The Balaban J connectivity index is 2.21.